The number of rotatable bonds is 1. The lowest BCUT2D eigenvalue weighted by Gasteiger charge is -2.54. The van der Waals surface area contributed by atoms with Crippen molar-refractivity contribution >= 4 is 18.4 Å². The van der Waals surface area contributed by atoms with Crippen molar-refractivity contribution in [3.05, 3.63) is 12.1 Å². The van der Waals surface area contributed by atoms with Gasteiger partial charge in [-0.25, -0.2) is 0 Å². The number of Topliss-reactive ketones (excluding diaryl/α,β-unsaturated/α-hetero) is 1. The summed E-state index contributed by atoms with van der Waals surface area (Å²) in [5, 5.41) is 10.7. The summed E-state index contributed by atoms with van der Waals surface area (Å²) in [6.07, 6.45) is 3.46. The molecule has 3 aliphatic heterocycles. The van der Waals surface area contributed by atoms with Gasteiger partial charge >= 0.3 is 6.69 Å². The third-order valence-corrected chi connectivity index (χ3v) is 4.64. The molecule has 3 saturated heterocycles. The lowest BCUT2D eigenvalue weighted by atomic mass is 9.64. The summed E-state index contributed by atoms with van der Waals surface area (Å²) in [4.78, 5) is 23.8. The zero-order valence-corrected chi connectivity index (χ0v) is 9.83. The highest BCUT2D eigenvalue weighted by Gasteiger charge is 2.69. The molecule has 0 amide bonds. The average molecular weight is 237 g/mol. The molecule has 4 atom stereocenters. The minimum Gasteiger partial charge on any atom is -0.611 e. The quantitative estimate of drug-likeness (QED) is 0.505. The Labute approximate surface area is 99.6 Å². The monoisotopic (exact) mass is 237 g/mol. The van der Waals surface area contributed by atoms with Gasteiger partial charge in [-0.3, -0.25) is 9.59 Å². The molecule has 1 N–H and O–H groups in total. The van der Waals surface area contributed by atoms with Crippen LogP contribution in [-0.4, -0.2) is 47.0 Å². The Morgan fingerprint density at radius 2 is 2.29 bits per heavy atom. The van der Waals surface area contributed by atoms with E-state index in [-0.39, 0.29) is 22.8 Å². The van der Waals surface area contributed by atoms with E-state index < -0.39 is 18.6 Å². The highest BCUT2D eigenvalue weighted by Crippen LogP contribution is 2.47. The minimum atomic E-state index is -2.39. The summed E-state index contributed by atoms with van der Waals surface area (Å²) in [5.41, 5.74) is 0. The van der Waals surface area contributed by atoms with E-state index >= 15 is 0 Å². The average Bonchev–Trinajstić information content (AvgIpc) is 2.71. The molecule has 3 rings (SSSR count). The van der Waals surface area contributed by atoms with Crippen molar-refractivity contribution < 1.29 is 23.7 Å². The highest BCUT2D eigenvalue weighted by molar-refractivity contribution is 6.67. The normalized spacial score (nSPS) is 48.6. The molecule has 0 saturated carbocycles. The molecule has 2 unspecified atom stereocenters. The first kappa shape index (κ1) is 11.0. The van der Waals surface area contributed by atoms with E-state index in [0.717, 1.165) is 19.4 Å². The van der Waals surface area contributed by atoms with Crippen molar-refractivity contribution in [2.75, 3.05) is 13.1 Å². The smallest absolute Gasteiger partial charge is 0.548 e. The third-order valence-electron chi connectivity index (χ3n) is 4.64. The molecule has 5 nitrogen and oxygen atoms in total. The Morgan fingerprint density at radius 1 is 1.53 bits per heavy atom. The Balaban J connectivity index is 2.15. The predicted molar refractivity (Wildman–Crippen MR) is 60.4 cm³/mol. The number of quaternary nitrogens is 1. The van der Waals surface area contributed by atoms with Crippen LogP contribution in [-0.2, 0) is 14.2 Å². The Hall–Kier alpha value is -1.14. The van der Waals surface area contributed by atoms with Crippen LogP contribution in [0.1, 0.15) is 19.8 Å². The summed E-state index contributed by atoms with van der Waals surface area (Å²) in [7, 11) is 0. The molecule has 3 heterocycles. The zero-order chi connectivity index (χ0) is 12.3. The molecule has 2 bridgehead atoms. The van der Waals surface area contributed by atoms with Crippen LogP contribution < -0.4 is 0 Å². The van der Waals surface area contributed by atoms with Gasteiger partial charge < -0.3 is 14.1 Å². The Morgan fingerprint density at radius 3 is 3.00 bits per heavy atom. The number of hydrogen-bond acceptors (Lipinski definition) is 4. The topological polar surface area (TPSA) is 63.6 Å². The number of hydrogen-bond donors (Lipinski definition) is 1. The minimum absolute atomic E-state index is 0.0649. The fourth-order valence-electron chi connectivity index (χ4n) is 3.97. The Kier molecular flexibility index (Phi) is 2.07. The fourth-order valence-corrected chi connectivity index (χ4v) is 3.97. The van der Waals surface area contributed by atoms with Crippen LogP contribution in [0.5, 0.6) is 0 Å². The van der Waals surface area contributed by atoms with Crippen LogP contribution in [0.2, 0.25) is 0 Å². The molecule has 3 aliphatic rings. The zero-order valence-electron chi connectivity index (χ0n) is 9.83. The second-order valence-electron chi connectivity index (χ2n) is 5.36. The third kappa shape index (κ3) is 1.12. The second kappa shape index (κ2) is 3.20. The molecule has 0 spiro atoms. The molecule has 0 aromatic rings. The SMILES string of the molecule is C/C=C/[B-]1(O)OC(=O)[C@@H]2C(=O)C[N+]13CCC[C@@H]23. The number of nitrogens with zero attached hydrogens (tertiary/aromatic N) is 1. The van der Waals surface area contributed by atoms with E-state index in [0.29, 0.717) is 0 Å². The van der Waals surface area contributed by atoms with Gasteiger partial charge in [0.15, 0.2) is 5.92 Å². The van der Waals surface area contributed by atoms with Gasteiger partial charge in [-0.1, -0.05) is 0 Å². The fraction of sp³-hybridized carbons (Fsp3) is 0.636. The standard InChI is InChI=1S/C11H16BNO4/c1-2-5-12(16)13-6-3-4-8(13)10(9(14)7-13)11(15)17-12/h2,5,8,10,16H,3-4,6-7H2,1H3/b5-2+/t8-,10-,12?,13?/m0/s1. The molecule has 0 aromatic carbocycles. The molecule has 92 valence electrons. The first-order valence-corrected chi connectivity index (χ1v) is 6.17. The van der Waals surface area contributed by atoms with Crippen LogP contribution in [0.25, 0.3) is 0 Å². The van der Waals surface area contributed by atoms with Gasteiger partial charge in [-0.05, 0) is 13.3 Å². The van der Waals surface area contributed by atoms with Crippen molar-refractivity contribution in [3.8, 4) is 0 Å². The molecule has 17 heavy (non-hydrogen) atoms. The summed E-state index contributed by atoms with van der Waals surface area (Å²) in [6.45, 7) is 0.354. The lowest BCUT2D eigenvalue weighted by Crippen LogP contribution is -2.73. The van der Waals surface area contributed by atoms with Gasteiger partial charge in [-0.15, -0.1) is 12.1 Å². The van der Waals surface area contributed by atoms with Gasteiger partial charge in [0.2, 0.25) is 5.78 Å². The molecule has 0 radical (unpaired) electrons. The molecule has 0 aliphatic carbocycles. The first-order valence-electron chi connectivity index (χ1n) is 6.17. The van der Waals surface area contributed by atoms with Crippen molar-refractivity contribution in [2.24, 2.45) is 5.92 Å². The summed E-state index contributed by atoms with van der Waals surface area (Å²) in [6, 6.07) is -0.0649. The molecular formula is C11H16BNO4. The van der Waals surface area contributed by atoms with E-state index in [9.17, 15) is 14.6 Å². The molecule has 3 fully saturated rings. The van der Waals surface area contributed by atoms with Crippen molar-refractivity contribution in [3.63, 3.8) is 0 Å². The summed E-state index contributed by atoms with van der Waals surface area (Å²) >= 11 is 0. The van der Waals surface area contributed by atoms with Gasteiger partial charge in [0.1, 0.15) is 6.54 Å². The number of ketones is 1. The van der Waals surface area contributed by atoms with Crippen LogP contribution in [0.15, 0.2) is 12.1 Å². The summed E-state index contributed by atoms with van der Waals surface area (Å²) in [5.74, 6) is 0.325. The van der Waals surface area contributed by atoms with E-state index in [1.807, 2.05) is 0 Å². The molecular weight excluding hydrogens is 221 g/mol. The maximum absolute atomic E-state index is 11.9. The largest absolute Gasteiger partial charge is 0.611 e. The van der Waals surface area contributed by atoms with Crippen LogP contribution in [0.4, 0.5) is 0 Å². The van der Waals surface area contributed by atoms with Crippen LogP contribution in [0.3, 0.4) is 0 Å². The van der Waals surface area contributed by atoms with Crippen LogP contribution in [0, 0.1) is 5.92 Å². The van der Waals surface area contributed by atoms with Gasteiger partial charge in [0.25, 0.3) is 5.97 Å². The van der Waals surface area contributed by atoms with E-state index in [1.165, 1.54) is 0 Å². The van der Waals surface area contributed by atoms with Gasteiger partial charge in [0, 0.05) is 13.0 Å². The van der Waals surface area contributed by atoms with Crippen molar-refractivity contribution in [1.82, 2.24) is 0 Å². The summed E-state index contributed by atoms with van der Waals surface area (Å²) < 4.78 is 5.48. The van der Waals surface area contributed by atoms with Gasteiger partial charge in [0.05, 0.1) is 6.04 Å². The van der Waals surface area contributed by atoms with Crippen molar-refractivity contribution in [2.45, 2.75) is 25.8 Å². The van der Waals surface area contributed by atoms with E-state index in [2.05, 4.69) is 0 Å². The second-order valence-corrected chi connectivity index (χ2v) is 5.36. The molecule has 6 heteroatoms. The lowest BCUT2D eigenvalue weighted by molar-refractivity contribution is -0.847. The van der Waals surface area contributed by atoms with Crippen LogP contribution >= 0.6 is 0 Å². The maximum Gasteiger partial charge on any atom is 0.548 e. The predicted octanol–water partition coefficient (Wildman–Crippen LogP) is -0.232. The number of carbonyl (C=O) groups is 2. The van der Waals surface area contributed by atoms with E-state index in [1.54, 1.807) is 19.0 Å². The van der Waals surface area contributed by atoms with Gasteiger partial charge in [-0.2, -0.15) is 0 Å². The number of carbonyl (C=O) groups excluding carboxylic acids is 2. The first-order chi connectivity index (χ1) is 8.04. The van der Waals surface area contributed by atoms with Crippen molar-refractivity contribution in [1.29, 1.82) is 0 Å². The Bertz CT molecular complexity index is 437. The maximum atomic E-state index is 11.9. The molecule has 0 aromatic heterocycles. The number of allylic oxidation sites excluding steroid dienone is 1. The highest BCUT2D eigenvalue weighted by atomic mass is 16.6. The van der Waals surface area contributed by atoms with E-state index in [4.69, 9.17) is 4.65 Å².